The van der Waals surface area contributed by atoms with Crippen molar-refractivity contribution in [1.29, 1.82) is 0 Å². The van der Waals surface area contributed by atoms with Gasteiger partial charge >= 0.3 is 0 Å². The number of furan rings is 1. The second-order valence-electron chi connectivity index (χ2n) is 8.30. The van der Waals surface area contributed by atoms with Gasteiger partial charge in [0, 0.05) is 54.6 Å². The molecule has 5 nitrogen and oxygen atoms in total. The van der Waals surface area contributed by atoms with E-state index in [1.807, 2.05) is 41.5 Å². The SMILES string of the molecule is CC(C)N(C(=O)c1ccc(NC2CCN(Cc3ccoc3)CC2)cc1)C(C)C. The van der Waals surface area contributed by atoms with Gasteiger partial charge in [-0.05, 0) is 70.9 Å². The summed E-state index contributed by atoms with van der Waals surface area (Å²) in [5.74, 6) is 0.101. The van der Waals surface area contributed by atoms with Crippen LogP contribution in [-0.4, -0.2) is 46.9 Å². The summed E-state index contributed by atoms with van der Waals surface area (Å²) < 4.78 is 5.16. The third kappa shape index (κ3) is 5.16. The average molecular weight is 384 g/mol. The molecule has 2 aromatic rings. The van der Waals surface area contributed by atoms with Crippen LogP contribution in [0, 0.1) is 0 Å². The summed E-state index contributed by atoms with van der Waals surface area (Å²) in [4.78, 5) is 17.2. The largest absolute Gasteiger partial charge is 0.472 e. The number of carbonyl (C=O) groups excluding carboxylic acids is 1. The highest BCUT2D eigenvalue weighted by Gasteiger charge is 2.22. The van der Waals surface area contributed by atoms with E-state index in [-0.39, 0.29) is 18.0 Å². The van der Waals surface area contributed by atoms with Crippen molar-refractivity contribution in [1.82, 2.24) is 9.80 Å². The van der Waals surface area contributed by atoms with Crippen molar-refractivity contribution in [2.24, 2.45) is 0 Å². The molecule has 1 amide bonds. The molecule has 1 aliphatic heterocycles. The van der Waals surface area contributed by atoms with Crippen LogP contribution in [-0.2, 0) is 6.54 Å². The highest BCUT2D eigenvalue weighted by molar-refractivity contribution is 5.95. The molecule has 28 heavy (non-hydrogen) atoms. The first-order valence-corrected chi connectivity index (χ1v) is 10.4. The number of hydrogen-bond donors (Lipinski definition) is 1. The monoisotopic (exact) mass is 383 g/mol. The van der Waals surface area contributed by atoms with Crippen LogP contribution in [0.5, 0.6) is 0 Å². The van der Waals surface area contributed by atoms with E-state index in [2.05, 4.69) is 37.9 Å². The van der Waals surface area contributed by atoms with Crippen molar-refractivity contribution >= 4 is 11.6 Å². The van der Waals surface area contributed by atoms with E-state index in [0.29, 0.717) is 6.04 Å². The molecule has 0 unspecified atom stereocenters. The molecule has 1 aromatic heterocycles. The van der Waals surface area contributed by atoms with Gasteiger partial charge in [0.1, 0.15) is 0 Å². The molecule has 0 aliphatic carbocycles. The zero-order valence-electron chi connectivity index (χ0n) is 17.5. The second kappa shape index (κ2) is 9.28. The molecule has 2 heterocycles. The summed E-state index contributed by atoms with van der Waals surface area (Å²) in [6, 6.07) is 10.8. The molecule has 0 spiro atoms. The molecular weight excluding hydrogens is 350 g/mol. The Balaban J connectivity index is 1.51. The molecule has 0 radical (unpaired) electrons. The Morgan fingerprint density at radius 2 is 1.75 bits per heavy atom. The van der Waals surface area contributed by atoms with Crippen molar-refractivity contribution in [3.05, 3.63) is 54.0 Å². The van der Waals surface area contributed by atoms with Crippen molar-refractivity contribution in [3.63, 3.8) is 0 Å². The molecule has 0 atom stereocenters. The van der Waals surface area contributed by atoms with Crippen molar-refractivity contribution < 1.29 is 9.21 Å². The first-order valence-electron chi connectivity index (χ1n) is 10.4. The molecule has 1 aliphatic rings. The van der Waals surface area contributed by atoms with E-state index in [0.717, 1.165) is 43.7 Å². The summed E-state index contributed by atoms with van der Waals surface area (Å²) in [5.41, 5.74) is 3.08. The number of rotatable bonds is 7. The van der Waals surface area contributed by atoms with Gasteiger partial charge in [0.25, 0.3) is 5.91 Å². The van der Waals surface area contributed by atoms with Gasteiger partial charge in [0.15, 0.2) is 0 Å². The predicted octanol–water partition coefficient (Wildman–Crippen LogP) is 4.62. The maximum Gasteiger partial charge on any atom is 0.254 e. The van der Waals surface area contributed by atoms with Crippen molar-refractivity contribution in [3.8, 4) is 0 Å². The number of likely N-dealkylation sites (tertiary alicyclic amines) is 1. The molecule has 0 bridgehead atoms. The second-order valence-corrected chi connectivity index (χ2v) is 8.30. The maximum atomic E-state index is 12.8. The van der Waals surface area contributed by atoms with E-state index < -0.39 is 0 Å². The Morgan fingerprint density at radius 1 is 1.11 bits per heavy atom. The van der Waals surface area contributed by atoms with Crippen LogP contribution < -0.4 is 5.32 Å². The number of nitrogens with one attached hydrogen (secondary N) is 1. The topological polar surface area (TPSA) is 48.7 Å². The van der Waals surface area contributed by atoms with Gasteiger partial charge in [-0.1, -0.05) is 0 Å². The van der Waals surface area contributed by atoms with Crippen LogP contribution in [0.15, 0.2) is 47.3 Å². The number of hydrogen-bond acceptors (Lipinski definition) is 4. The fraction of sp³-hybridized carbons (Fsp3) is 0.522. The van der Waals surface area contributed by atoms with Crippen LogP contribution in [0.2, 0.25) is 0 Å². The molecular formula is C23H33N3O2. The third-order valence-corrected chi connectivity index (χ3v) is 5.42. The minimum Gasteiger partial charge on any atom is -0.472 e. The van der Waals surface area contributed by atoms with Crippen LogP contribution in [0.25, 0.3) is 0 Å². The Morgan fingerprint density at radius 3 is 2.29 bits per heavy atom. The van der Waals surface area contributed by atoms with Gasteiger partial charge in [-0.3, -0.25) is 9.69 Å². The molecule has 1 N–H and O–H groups in total. The molecule has 5 heteroatoms. The number of amides is 1. The number of piperidine rings is 1. The average Bonchev–Trinajstić information content (AvgIpc) is 3.16. The lowest BCUT2D eigenvalue weighted by Crippen LogP contribution is -2.42. The smallest absolute Gasteiger partial charge is 0.254 e. The van der Waals surface area contributed by atoms with Crippen LogP contribution in [0.3, 0.4) is 0 Å². The zero-order valence-corrected chi connectivity index (χ0v) is 17.5. The van der Waals surface area contributed by atoms with Crippen LogP contribution >= 0.6 is 0 Å². The Kier molecular flexibility index (Phi) is 6.79. The van der Waals surface area contributed by atoms with E-state index in [1.54, 1.807) is 6.26 Å². The standard InChI is InChI=1S/C23H33N3O2/c1-17(2)26(18(3)4)23(27)20-5-7-21(8-6-20)24-22-9-12-25(13-10-22)15-19-11-14-28-16-19/h5-8,11,14,16-18,22,24H,9-10,12-13,15H2,1-4H3. The summed E-state index contributed by atoms with van der Waals surface area (Å²) in [6.07, 6.45) is 5.80. The molecule has 152 valence electrons. The van der Waals surface area contributed by atoms with Crippen LogP contribution in [0.4, 0.5) is 5.69 Å². The summed E-state index contributed by atoms with van der Waals surface area (Å²) >= 11 is 0. The van der Waals surface area contributed by atoms with E-state index in [4.69, 9.17) is 4.42 Å². The Hall–Kier alpha value is -2.27. The quantitative estimate of drug-likeness (QED) is 0.758. The number of benzene rings is 1. The van der Waals surface area contributed by atoms with Gasteiger partial charge in [-0.2, -0.15) is 0 Å². The van der Waals surface area contributed by atoms with E-state index in [9.17, 15) is 4.79 Å². The maximum absolute atomic E-state index is 12.8. The lowest BCUT2D eigenvalue weighted by Gasteiger charge is -2.32. The molecule has 1 aromatic carbocycles. The Labute approximate surface area is 168 Å². The van der Waals surface area contributed by atoms with Gasteiger partial charge < -0.3 is 14.6 Å². The third-order valence-electron chi connectivity index (χ3n) is 5.42. The van der Waals surface area contributed by atoms with E-state index in [1.165, 1.54) is 5.56 Å². The van der Waals surface area contributed by atoms with Gasteiger partial charge in [-0.15, -0.1) is 0 Å². The molecule has 1 saturated heterocycles. The van der Waals surface area contributed by atoms with Crippen molar-refractivity contribution in [2.45, 2.75) is 65.2 Å². The van der Waals surface area contributed by atoms with Crippen LogP contribution in [0.1, 0.15) is 56.5 Å². The minimum absolute atomic E-state index is 0.101. The fourth-order valence-corrected chi connectivity index (χ4v) is 4.04. The summed E-state index contributed by atoms with van der Waals surface area (Å²) in [7, 11) is 0. The lowest BCUT2D eigenvalue weighted by atomic mass is 10.0. The lowest BCUT2D eigenvalue weighted by molar-refractivity contribution is 0.0644. The molecule has 3 rings (SSSR count). The van der Waals surface area contributed by atoms with Gasteiger partial charge in [-0.25, -0.2) is 0 Å². The van der Waals surface area contributed by atoms with Gasteiger partial charge in [0.2, 0.25) is 0 Å². The molecule has 1 fully saturated rings. The van der Waals surface area contributed by atoms with Crippen molar-refractivity contribution in [2.75, 3.05) is 18.4 Å². The highest BCUT2D eigenvalue weighted by atomic mass is 16.3. The predicted molar refractivity (Wildman–Crippen MR) is 114 cm³/mol. The number of nitrogens with zero attached hydrogens (tertiary/aromatic N) is 2. The minimum atomic E-state index is 0.101. The first kappa shape index (κ1) is 20.5. The summed E-state index contributed by atoms with van der Waals surface area (Å²) in [6.45, 7) is 11.4. The fourth-order valence-electron chi connectivity index (χ4n) is 4.04. The number of anilines is 1. The first-order chi connectivity index (χ1) is 13.4. The normalized spacial score (nSPS) is 15.9. The molecule has 0 saturated carbocycles. The highest BCUT2D eigenvalue weighted by Crippen LogP contribution is 2.20. The van der Waals surface area contributed by atoms with Gasteiger partial charge in [0.05, 0.1) is 12.5 Å². The van der Waals surface area contributed by atoms with E-state index >= 15 is 0 Å². The Bertz CT molecular complexity index is 722. The number of carbonyl (C=O) groups is 1. The summed E-state index contributed by atoms with van der Waals surface area (Å²) in [5, 5.41) is 3.63. The zero-order chi connectivity index (χ0) is 20.1.